The Morgan fingerprint density at radius 3 is 1.36 bits per heavy atom. The predicted molar refractivity (Wildman–Crippen MR) is 93.3 cm³/mol. The third-order valence-electron chi connectivity index (χ3n) is 3.25. The monoisotopic (exact) mass is 386 g/mol. The van der Waals surface area contributed by atoms with E-state index in [2.05, 4.69) is 0 Å². The van der Waals surface area contributed by atoms with Crippen molar-refractivity contribution in [2.24, 2.45) is 0 Å². The van der Waals surface area contributed by atoms with Gasteiger partial charge in [-0.1, -0.05) is 35.4 Å². The standard InChI is InChI=1S/C17H20O6S2/c1-14-4-8-16(9-5-14)24(18,19)22-12-3-13-23-25(20,21)17-10-6-15(2)7-11-17/h4-11H,3,12-13H2,1-2H3/i3D2. The van der Waals surface area contributed by atoms with Crippen LogP contribution in [0.1, 0.15) is 20.2 Å². The number of hydrogen-bond donors (Lipinski definition) is 0. The average Bonchev–Trinajstić information content (AvgIpc) is 2.60. The molecule has 0 atom stereocenters. The van der Waals surface area contributed by atoms with Crippen molar-refractivity contribution < 1.29 is 27.9 Å². The molecule has 0 spiro atoms. The molecule has 0 amide bonds. The van der Waals surface area contributed by atoms with Gasteiger partial charge in [-0.15, -0.1) is 0 Å². The topological polar surface area (TPSA) is 86.7 Å². The van der Waals surface area contributed by atoms with Gasteiger partial charge < -0.3 is 0 Å². The van der Waals surface area contributed by atoms with Crippen LogP contribution in [0.25, 0.3) is 0 Å². The van der Waals surface area contributed by atoms with E-state index in [1.165, 1.54) is 24.3 Å². The van der Waals surface area contributed by atoms with Crippen molar-refractivity contribution >= 4 is 20.2 Å². The maximum absolute atomic E-state index is 12.1. The highest BCUT2D eigenvalue weighted by molar-refractivity contribution is 7.87. The summed E-state index contributed by atoms with van der Waals surface area (Å²) in [6, 6.07) is 11.7. The lowest BCUT2D eigenvalue weighted by atomic mass is 10.2. The Morgan fingerprint density at radius 1 is 0.720 bits per heavy atom. The summed E-state index contributed by atoms with van der Waals surface area (Å²) in [4.78, 5) is -0.228. The Morgan fingerprint density at radius 2 is 1.04 bits per heavy atom. The summed E-state index contributed by atoms with van der Waals surface area (Å²) in [6.45, 7) is 1.82. The van der Waals surface area contributed by atoms with Gasteiger partial charge in [0.25, 0.3) is 20.2 Å². The number of benzene rings is 2. The lowest BCUT2D eigenvalue weighted by Crippen LogP contribution is -2.12. The predicted octanol–water partition coefficient (Wildman–Crippen LogP) is 2.80. The quantitative estimate of drug-likeness (QED) is 0.649. The van der Waals surface area contributed by atoms with Crippen molar-refractivity contribution in [1.82, 2.24) is 0 Å². The van der Waals surface area contributed by atoms with Crippen LogP contribution in [-0.4, -0.2) is 30.0 Å². The molecule has 2 rings (SSSR count). The summed E-state index contributed by atoms with van der Waals surface area (Å²) in [5.41, 5.74) is 1.72. The molecule has 0 fully saturated rings. The van der Waals surface area contributed by atoms with E-state index in [-0.39, 0.29) is 9.79 Å². The van der Waals surface area contributed by atoms with Crippen molar-refractivity contribution in [1.29, 1.82) is 0 Å². The van der Waals surface area contributed by atoms with Gasteiger partial charge in [0.1, 0.15) is 0 Å². The molecule has 136 valence electrons. The second kappa shape index (κ2) is 8.09. The summed E-state index contributed by atoms with van der Waals surface area (Å²) < 4.78 is 73.4. The fourth-order valence-corrected chi connectivity index (χ4v) is 3.51. The van der Waals surface area contributed by atoms with E-state index in [9.17, 15) is 16.8 Å². The van der Waals surface area contributed by atoms with Gasteiger partial charge in [0.15, 0.2) is 0 Å². The van der Waals surface area contributed by atoms with Gasteiger partial charge in [0.2, 0.25) is 0 Å². The zero-order chi connectivity index (χ0) is 20.3. The summed E-state index contributed by atoms with van der Waals surface area (Å²) in [5.74, 6) is 0. The van der Waals surface area contributed by atoms with Gasteiger partial charge in [0.05, 0.1) is 23.0 Å². The third-order valence-corrected chi connectivity index (χ3v) is 5.81. The first-order valence-corrected chi connectivity index (χ1v) is 10.2. The molecule has 0 N–H and O–H groups in total. The molecule has 6 nitrogen and oxygen atoms in total. The number of rotatable bonds is 8. The Bertz CT molecular complexity index is 901. The molecule has 8 heteroatoms. The first kappa shape index (κ1) is 16.7. The van der Waals surface area contributed by atoms with Crippen molar-refractivity contribution in [2.45, 2.75) is 30.0 Å². The molecule has 0 saturated heterocycles. The minimum absolute atomic E-state index is 0.114. The molecule has 25 heavy (non-hydrogen) atoms. The molecule has 0 aliphatic carbocycles. The van der Waals surface area contributed by atoms with Crippen LogP contribution in [0.15, 0.2) is 58.3 Å². The Labute approximate surface area is 151 Å². The maximum Gasteiger partial charge on any atom is 0.296 e. The smallest absolute Gasteiger partial charge is 0.266 e. The number of hydrogen-bond acceptors (Lipinski definition) is 6. The molecular weight excluding hydrogens is 364 g/mol. The second-order valence-electron chi connectivity index (χ2n) is 5.31. The summed E-state index contributed by atoms with van der Waals surface area (Å²) in [7, 11) is -8.33. The third kappa shape index (κ3) is 5.64. The minimum atomic E-state index is -4.17. The van der Waals surface area contributed by atoms with Crippen LogP contribution in [0.4, 0.5) is 0 Å². The van der Waals surface area contributed by atoms with Crippen LogP contribution in [0.2, 0.25) is 0 Å². The van der Waals surface area contributed by atoms with Crippen LogP contribution < -0.4 is 0 Å². The van der Waals surface area contributed by atoms with Crippen LogP contribution in [0.3, 0.4) is 0 Å². The highest BCUT2D eigenvalue weighted by atomic mass is 32.2. The zero-order valence-corrected chi connectivity index (χ0v) is 15.4. The molecule has 0 aliphatic rings. The van der Waals surface area contributed by atoms with E-state index in [1.807, 2.05) is 0 Å². The van der Waals surface area contributed by atoms with Crippen molar-refractivity contribution in [3.63, 3.8) is 0 Å². The van der Waals surface area contributed by atoms with E-state index < -0.39 is 39.8 Å². The molecular formula is C17H20O6S2. The lowest BCUT2D eigenvalue weighted by Gasteiger charge is -2.07. The van der Waals surface area contributed by atoms with Crippen molar-refractivity contribution in [2.75, 3.05) is 13.2 Å². The fourth-order valence-electron chi connectivity index (χ4n) is 1.83. The minimum Gasteiger partial charge on any atom is -0.266 e. The second-order valence-corrected chi connectivity index (χ2v) is 8.54. The Balaban J connectivity index is 2.00. The highest BCUT2D eigenvalue weighted by Gasteiger charge is 2.16. The molecule has 0 bridgehead atoms. The van der Waals surface area contributed by atoms with Crippen molar-refractivity contribution in [3.05, 3.63) is 59.7 Å². The van der Waals surface area contributed by atoms with Crippen molar-refractivity contribution in [3.8, 4) is 0 Å². The van der Waals surface area contributed by atoms with E-state index in [0.29, 0.717) is 0 Å². The van der Waals surface area contributed by atoms with Crippen LogP contribution in [-0.2, 0) is 28.6 Å². The summed E-state index contributed by atoms with van der Waals surface area (Å²) in [5, 5.41) is 0. The zero-order valence-electron chi connectivity index (χ0n) is 15.8. The average molecular weight is 386 g/mol. The van der Waals surface area contributed by atoms with E-state index >= 15 is 0 Å². The molecule has 0 radical (unpaired) electrons. The van der Waals surface area contributed by atoms with Crippen LogP contribution in [0.5, 0.6) is 0 Å². The Hall–Kier alpha value is -1.74. The first-order chi connectivity index (χ1) is 12.4. The summed E-state index contributed by atoms with van der Waals surface area (Å²) >= 11 is 0. The van der Waals surface area contributed by atoms with Gasteiger partial charge in [-0.05, 0) is 44.5 Å². The first-order valence-electron chi connectivity index (χ1n) is 8.34. The molecule has 0 aliphatic heterocycles. The van der Waals surface area contributed by atoms with Gasteiger partial charge in [-0.25, -0.2) is 0 Å². The molecule has 0 heterocycles. The largest absolute Gasteiger partial charge is 0.296 e. The van der Waals surface area contributed by atoms with E-state index in [4.69, 9.17) is 11.1 Å². The lowest BCUT2D eigenvalue weighted by molar-refractivity contribution is 0.254. The van der Waals surface area contributed by atoms with E-state index in [0.717, 1.165) is 11.1 Å². The van der Waals surface area contributed by atoms with Gasteiger partial charge >= 0.3 is 0 Å². The SMILES string of the molecule is [2H]C([2H])(COS(=O)(=O)c1ccc(C)cc1)COS(=O)(=O)c1ccc(C)cc1. The normalized spacial score (nSPS) is 14.0. The van der Waals surface area contributed by atoms with Crippen LogP contribution in [0, 0.1) is 13.8 Å². The molecule has 0 unspecified atom stereocenters. The van der Waals surface area contributed by atoms with Gasteiger partial charge in [-0.2, -0.15) is 16.8 Å². The van der Waals surface area contributed by atoms with Gasteiger partial charge in [0, 0.05) is 2.74 Å². The molecule has 0 saturated carbocycles. The maximum atomic E-state index is 12.1. The Kier molecular flexibility index (Phi) is 5.41. The van der Waals surface area contributed by atoms with E-state index in [1.54, 1.807) is 38.1 Å². The summed E-state index contributed by atoms with van der Waals surface area (Å²) in [6.07, 6.45) is -2.34. The van der Waals surface area contributed by atoms with Crippen LogP contribution >= 0.6 is 0 Å². The molecule has 2 aromatic carbocycles. The fraction of sp³-hybridized carbons (Fsp3) is 0.294. The number of aryl methyl sites for hydroxylation is 2. The molecule has 2 aromatic rings. The van der Waals surface area contributed by atoms with Gasteiger partial charge in [-0.3, -0.25) is 8.37 Å². The molecule has 0 aromatic heterocycles. The highest BCUT2D eigenvalue weighted by Crippen LogP contribution is 2.15.